The minimum Gasteiger partial charge on any atom is -0.310 e. The van der Waals surface area contributed by atoms with Crippen molar-refractivity contribution >= 4 is 0 Å². The molecule has 3 nitrogen and oxygen atoms in total. The van der Waals surface area contributed by atoms with Gasteiger partial charge in [-0.1, -0.05) is 46.5 Å². The van der Waals surface area contributed by atoms with E-state index in [-0.39, 0.29) is 0 Å². The van der Waals surface area contributed by atoms with E-state index < -0.39 is 0 Å². The summed E-state index contributed by atoms with van der Waals surface area (Å²) in [6.07, 6.45) is 11.4. The molecule has 3 atom stereocenters. The van der Waals surface area contributed by atoms with E-state index in [2.05, 4.69) is 44.4 Å². The molecule has 1 fully saturated rings. The number of aryl methyl sites for hydroxylation is 2. The Hall–Kier alpha value is -0.830. The first kappa shape index (κ1) is 16.5. The van der Waals surface area contributed by atoms with Crippen LogP contribution in [0.15, 0.2) is 6.20 Å². The Balaban J connectivity index is 2.27. The number of nitrogens with one attached hydrogen (secondary N) is 1. The molecule has 0 aliphatic heterocycles. The van der Waals surface area contributed by atoms with Gasteiger partial charge in [0.15, 0.2) is 0 Å². The van der Waals surface area contributed by atoms with E-state index in [0.29, 0.717) is 6.04 Å². The van der Waals surface area contributed by atoms with Crippen molar-refractivity contribution in [3.05, 3.63) is 17.5 Å². The highest BCUT2D eigenvalue weighted by molar-refractivity contribution is 5.23. The SMILES string of the molecule is CCCNC(c1cn(C)nc1CC)C1CCCCC1CC. The summed E-state index contributed by atoms with van der Waals surface area (Å²) in [5.74, 6) is 1.66. The average Bonchev–Trinajstić information content (AvgIpc) is 2.89. The van der Waals surface area contributed by atoms with Gasteiger partial charge in [-0.05, 0) is 37.6 Å². The van der Waals surface area contributed by atoms with Crippen LogP contribution in [0.2, 0.25) is 0 Å². The molecule has 1 aromatic heterocycles. The highest BCUT2D eigenvalue weighted by Gasteiger charge is 2.33. The van der Waals surface area contributed by atoms with Crippen molar-refractivity contribution in [3.8, 4) is 0 Å². The van der Waals surface area contributed by atoms with Gasteiger partial charge >= 0.3 is 0 Å². The van der Waals surface area contributed by atoms with Crippen LogP contribution >= 0.6 is 0 Å². The monoisotopic (exact) mass is 291 g/mol. The fraction of sp³-hybridized carbons (Fsp3) is 0.833. The average molecular weight is 291 g/mol. The van der Waals surface area contributed by atoms with E-state index in [9.17, 15) is 0 Å². The Morgan fingerprint density at radius 2 is 2.05 bits per heavy atom. The molecule has 0 amide bonds. The van der Waals surface area contributed by atoms with Crippen molar-refractivity contribution in [3.63, 3.8) is 0 Å². The third-order valence-electron chi connectivity index (χ3n) is 5.14. The highest BCUT2D eigenvalue weighted by Crippen LogP contribution is 2.41. The number of hydrogen-bond acceptors (Lipinski definition) is 2. The van der Waals surface area contributed by atoms with Crippen molar-refractivity contribution in [2.45, 2.75) is 71.8 Å². The second kappa shape index (κ2) is 7.98. The largest absolute Gasteiger partial charge is 0.310 e. The minimum absolute atomic E-state index is 0.499. The molecule has 2 rings (SSSR count). The first-order valence-electron chi connectivity index (χ1n) is 8.96. The fourth-order valence-corrected chi connectivity index (χ4v) is 4.06. The summed E-state index contributed by atoms with van der Waals surface area (Å²) in [4.78, 5) is 0. The summed E-state index contributed by atoms with van der Waals surface area (Å²) < 4.78 is 2.00. The van der Waals surface area contributed by atoms with Gasteiger partial charge in [0.2, 0.25) is 0 Å². The molecule has 1 aromatic rings. The van der Waals surface area contributed by atoms with Gasteiger partial charge in [0.25, 0.3) is 0 Å². The topological polar surface area (TPSA) is 29.9 Å². The standard InChI is InChI=1S/C18H33N3/c1-5-12-19-18(15-11-9-8-10-14(15)6-2)16-13-21(4)20-17(16)7-3/h13-15,18-19H,5-12H2,1-4H3. The first-order valence-corrected chi connectivity index (χ1v) is 8.96. The summed E-state index contributed by atoms with van der Waals surface area (Å²) >= 11 is 0. The predicted octanol–water partition coefficient (Wildman–Crippen LogP) is 4.24. The van der Waals surface area contributed by atoms with Crippen LogP contribution in [-0.4, -0.2) is 16.3 Å². The van der Waals surface area contributed by atoms with Crippen LogP contribution in [0, 0.1) is 11.8 Å². The van der Waals surface area contributed by atoms with E-state index in [1.807, 2.05) is 4.68 Å². The Morgan fingerprint density at radius 1 is 1.29 bits per heavy atom. The molecule has 0 saturated heterocycles. The second-order valence-electron chi connectivity index (χ2n) is 6.61. The zero-order valence-electron chi connectivity index (χ0n) is 14.4. The van der Waals surface area contributed by atoms with Crippen LogP contribution in [0.25, 0.3) is 0 Å². The van der Waals surface area contributed by atoms with Gasteiger partial charge < -0.3 is 5.32 Å². The minimum atomic E-state index is 0.499. The van der Waals surface area contributed by atoms with Crippen molar-refractivity contribution in [2.24, 2.45) is 18.9 Å². The van der Waals surface area contributed by atoms with Crippen LogP contribution in [0.5, 0.6) is 0 Å². The first-order chi connectivity index (χ1) is 10.2. The lowest BCUT2D eigenvalue weighted by Gasteiger charge is -2.37. The molecule has 1 heterocycles. The summed E-state index contributed by atoms with van der Waals surface area (Å²) in [5.41, 5.74) is 2.74. The molecule has 3 unspecified atom stereocenters. The molecule has 1 N–H and O–H groups in total. The van der Waals surface area contributed by atoms with Crippen LogP contribution in [0.4, 0.5) is 0 Å². The van der Waals surface area contributed by atoms with Gasteiger partial charge in [0, 0.05) is 24.8 Å². The molecule has 21 heavy (non-hydrogen) atoms. The van der Waals surface area contributed by atoms with Gasteiger partial charge in [-0.3, -0.25) is 4.68 Å². The lowest BCUT2D eigenvalue weighted by Crippen LogP contribution is -2.35. The van der Waals surface area contributed by atoms with Crippen LogP contribution < -0.4 is 5.32 Å². The van der Waals surface area contributed by atoms with Crippen molar-refractivity contribution in [1.29, 1.82) is 0 Å². The van der Waals surface area contributed by atoms with Gasteiger partial charge in [0.1, 0.15) is 0 Å². The predicted molar refractivity (Wildman–Crippen MR) is 89.4 cm³/mol. The lowest BCUT2D eigenvalue weighted by atomic mass is 9.72. The third kappa shape index (κ3) is 3.88. The third-order valence-corrected chi connectivity index (χ3v) is 5.14. The van der Waals surface area contributed by atoms with E-state index in [4.69, 9.17) is 0 Å². The molecule has 3 heteroatoms. The van der Waals surface area contributed by atoms with Crippen molar-refractivity contribution in [2.75, 3.05) is 6.54 Å². The number of nitrogens with zero attached hydrogens (tertiary/aromatic N) is 2. The fourth-order valence-electron chi connectivity index (χ4n) is 4.06. The van der Waals surface area contributed by atoms with Crippen molar-refractivity contribution < 1.29 is 0 Å². The quantitative estimate of drug-likeness (QED) is 0.814. The maximum atomic E-state index is 4.68. The van der Waals surface area contributed by atoms with Crippen LogP contribution in [0.3, 0.4) is 0 Å². The Bertz CT molecular complexity index is 424. The molecule has 1 aliphatic rings. The second-order valence-corrected chi connectivity index (χ2v) is 6.61. The maximum Gasteiger partial charge on any atom is 0.0669 e. The molecule has 0 bridgehead atoms. The smallest absolute Gasteiger partial charge is 0.0669 e. The van der Waals surface area contributed by atoms with Gasteiger partial charge in [-0.2, -0.15) is 5.10 Å². The van der Waals surface area contributed by atoms with E-state index in [1.54, 1.807) is 0 Å². The Kier molecular flexibility index (Phi) is 6.28. The molecular weight excluding hydrogens is 258 g/mol. The van der Waals surface area contributed by atoms with Gasteiger partial charge in [-0.15, -0.1) is 0 Å². The van der Waals surface area contributed by atoms with E-state index in [0.717, 1.165) is 24.8 Å². The molecule has 0 spiro atoms. The Labute approximate surface area is 130 Å². The van der Waals surface area contributed by atoms with Crippen LogP contribution in [-0.2, 0) is 13.5 Å². The molecule has 1 aliphatic carbocycles. The normalized spacial score (nSPS) is 24.2. The molecule has 1 saturated carbocycles. The Morgan fingerprint density at radius 3 is 2.71 bits per heavy atom. The van der Waals surface area contributed by atoms with Crippen molar-refractivity contribution in [1.82, 2.24) is 15.1 Å². The molecule has 120 valence electrons. The highest BCUT2D eigenvalue weighted by atomic mass is 15.3. The van der Waals surface area contributed by atoms with E-state index >= 15 is 0 Å². The number of rotatable bonds is 7. The lowest BCUT2D eigenvalue weighted by molar-refractivity contribution is 0.175. The van der Waals surface area contributed by atoms with Crippen LogP contribution in [0.1, 0.15) is 76.6 Å². The summed E-state index contributed by atoms with van der Waals surface area (Å²) in [5, 5.41) is 8.53. The van der Waals surface area contributed by atoms with Gasteiger partial charge in [0.05, 0.1) is 5.69 Å². The molecule has 0 aromatic carbocycles. The zero-order valence-corrected chi connectivity index (χ0v) is 14.4. The van der Waals surface area contributed by atoms with E-state index in [1.165, 1.54) is 49.8 Å². The molecular formula is C18H33N3. The van der Waals surface area contributed by atoms with Gasteiger partial charge in [-0.25, -0.2) is 0 Å². The number of aromatic nitrogens is 2. The zero-order chi connectivity index (χ0) is 15.2. The summed E-state index contributed by atoms with van der Waals surface area (Å²) in [6.45, 7) is 7.95. The molecule has 0 radical (unpaired) electrons. The summed E-state index contributed by atoms with van der Waals surface area (Å²) in [7, 11) is 2.05. The maximum absolute atomic E-state index is 4.68. The number of hydrogen-bond donors (Lipinski definition) is 1. The summed E-state index contributed by atoms with van der Waals surface area (Å²) in [6, 6.07) is 0.499.